The van der Waals surface area contributed by atoms with Gasteiger partial charge in [0.2, 0.25) is 5.91 Å². The van der Waals surface area contributed by atoms with Crippen LogP contribution in [-0.4, -0.2) is 21.7 Å². The molecule has 7 heteroatoms. The SMILES string of the molecule is NC(=O)c1ccccc1CN(C(=O)c1ccccn1)[C@@H]1CCc2c(F)cc(Cl)cc21. The largest absolute Gasteiger partial charge is 0.366 e. The first-order chi connectivity index (χ1) is 14.5. The molecule has 152 valence electrons. The minimum Gasteiger partial charge on any atom is -0.366 e. The van der Waals surface area contributed by atoms with E-state index in [-0.39, 0.29) is 29.0 Å². The van der Waals surface area contributed by atoms with E-state index in [1.807, 2.05) is 0 Å². The number of benzene rings is 2. The molecule has 0 radical (unpaired) electrons. The van der Waals surface area contributed by atoms with Crippen molar-refractivity contribution < 1.29 is 14.0 Å². The van der Waals surface area contributed by atoms with Gasteiger partial charge in [-0.2, -0.15) is 0 Å². The molecule has 0 aliphatic heterocycles. The smallest absolute Gasteiger partial charge is 0.273 e. The third-order valence-corrected chi connectivity index (χ3v) is 5.58. The van der Waals surface area contributed by atoms with E-state index in [9.17, 15) is 14.0 Å². The maximum absolute atomic E-state index is 14.4. The van der Waals surface area contributed by atoms with Crippen LogP contribution >= 0.6 is 11.6 Å². The van der Waals surface area contributed by atoms with Gasteiger partial charge in [0.05, 0.1) is 6.04 Å². The maximum atomic E-state index is 14.4. The molecule has 0 spiro atoms. The molecule has 2 N–H and O–H groups in total. The van der Waals surface area contributed by atoms with Gasteiger partial charge in [0.1, 0.15) is 11.5 Å². The van der Waals surface area contributed by atoms with E-state index in [2.05, 4.69) is 4.98 Å². The normalized spacial score (nSPS) is 14.9. The molecule has 2 amide bonds. The summed E-state index contributed by atoms with van der Waals surface area (Å²) >= 11 is 6.11. The zero-order valence-corrected chi connectivity index (χ0v) is 16.8. The predicted octanol–water partition coefficient (Wildman–Crippen LogP) is 4.30. The average molecular weight is 424 g/mol. The van der Waals surface area contributed by atoms with E-state index in [4.69, 9.17) is 17.3 Å². The number of carbonyl (C=O) groups is 2. The fourth-order valence-corrected chi connectivity index (χ4v) is 4.20. The second kappa shape index (κ2) is 8.24. The summed E-state index contributed by atoms with van der Waals surface area (Å²) in [4.78, 5) is 31.1. The number of primary amides is 1. The Morgan fingerprint density at radius 1 is 1.17 bits per heavy atom. The number of carbonyl (C=O) groups excluding carboxylic acids is 2. The van der Waals surface area contributed by atoms with Crippen molar-refractivity contribution in [3.05, 3.63) is 99.6 Å². The fraction of sp³-hybridized carbons (Fsp3) is 0.174. The lowest BCUT2D eigenvalue weighted by atomic mass is 10.0. The molecular weight excluding hydrogens is 405 g/mol. The molecule has 1 atom stereocenters. The highest BCUT2D eigenvalue weighted by molar-refractivity contribution is 6.30. The minimum atomic E-state index is -0.572. The molecule has 1 aromatic heterocycles. The first-order valence-electron chi connectivity index (χ1n) is 9.53. The summed E-state index contributed by atoms with van der Waals surface area (Å²) in [7, 11) is 0. The number of pyridine rings is 1. The molecular formula is C23H19ClFN3O2. The van der Waals surface area contributed by atoms with Crippen LogP contribution in [0.5, 0.6) is 0 Å². The van der Waals surface area contributed by atoms with Gasteiger partial charge in [0.15, 0.2) is 0 Å². The monoisotopic (exact) mass is 423 g/mol. The molecule has 3 aromatic rings. The van der Waals surface area contributed by atoms with Crippen molar-refractivity contribution in [2.24, 2.45) is 5.73 Å². The lowest BCUT2D eigenvalue weighted by Crippen LogP contribution is -2.35. The summed E-state index contributed by atoms with van der Waals surface area (Å²) in [5.74, 6) is -1.26. The van der Waals surface area contributed by atoms with E-state index in [1.165, 1.54) is 6.07 Å². The minimum absolute atomic E-state index is 0.132. The number of aromatic nitrogens is 1. The molecule has 30 heavy (non-hydrogen) atoms. The van der Waals surface area contributed by atoms with Crippen LogP contribution in [0.2, 0.25) is 5.02 Å². The number of nitrogens with two attached hydrogens (primary N) is 1. The van der Waals surface area contributed by atoms with Gasteiger partial charge in [-0.05, 0) is 59.9 Å². The Kier molecular flexibility index (Phi) is 5.50. The van der Waals surface area contributed by atoms with Gasteiger partial charge in [-0.15, -0.1) is 0 Å². The maximum Gasteiger partial charge on any atom is 0.273 e. The van der Waals surface area contributed by atoms with E-state index in [1.54, 1.807) is 59.6 Å². The molecule has 5 nitrogen and oxygen atoms in total. The van der Waals surface area contributed by atoms with Crippen molar-refractivity contribution in [2.75, 3.05) is 0 Å². The van der Waals surface area contributed by atoms with E-state index in [0.29, 0.717) is 35.1 Å². The topological polar surface area (TPSA) is 76.3 Å². The molecule has 1 aliphatic rings. The standard InChI is InChI=1S/C23H19ClFN3O2/c24-15-11-18-17(19(25)12-15)8-9-21(18)28(23(30)20-7-3-4-10-27-20)13-14-5-1-2-6-16(14)22(26)29/h1-7,10-12,21H,8-9,13H2,(H2,26,29)/t21-/m1/s1. The van der Waals surface area contributed by atoms with Gasteiger partial charge in [0.25, 0.3) is 5.91 Å². The van der Waals surface area contributed by atoms with E-state index < -0.39 is 11.9 Å². The van der Waals surface area contributed by atoms with Crippen molar-refractivity contribution in [3.8, 4) is 0 Å². The Morgan fingerprint density at radius 2 is 1.93 bits per heavy atom. The molecule has 0 bridgehead atoms. The number of amides is 2. The predicted molar refractivity (Wildman–Crippen MR) is 112 cm³/mol. The molecule has 0 saturated carbocycles. The van der Waals surface area contributed by atoms with Crippen LogP contribution in [-0.2, 0) is 13.0 Å². The molecule has 1 aliphatic carbocycles. The van der Waals surface area contributed by atoms with Crippen LogP contribution in [0.1, 0.15) is 50.0 Å². The molecule has 1 heterocycles. The summed E-state index contributed by atoms with van der Waals surface area (Å²) in [6, 6.07) is 14.6. The highest BCUT2D eigenvalue weighted by atomic mass is 35.5. The van der Waals surface area contributed by atoms with Crippen LogP contribution in [0.4, 0.5) is 4.39 Å². The first-order valence-corrected chi connectivity index (χ1v) is 9.91. The molecule has 0 fully saturated rings. The van der Waals surface area contributed by atoms with E-state index >= 15 is 0 Å². The highest BCUT2D eigenvalue weighted by Gasteiger charge is 2.34. The number of hydrogen-bond acceptors (Lipinski definition) is 3. The third kappa shape index (κ3) is 3.78. The van der Waals surface area contributed by atoms with Crippen LogP contribution in [0, 0.1) is 5.82 Å². The Morgan fingerprint density at radius 3 is 2.67 bits per heavy atom. The number of halogens is 2. The van der Waals surface area contributed by atoms with E-state index in [0.717, 1.165) is 0 Å². The number of rotatable bonds is 5. The summed E-state index contributed by atoms with van der Waals surface area (Å²) < 4.78 is 14.4. The molecule has 2 aromatic carbocycles. The summed E-state index contributed by atoms with van der Waals surface area (Å²) in [5.41, 5.74) is 7.99. The Hall–Kier alpha value is -3.25. The Labute approximate surface area is 178 Å². The lowest BCUT2D eigenvalue weighted by Gasteiger charge is -2.30. The van der Waals surface area contributed by atoms with Gasteiger partial charge in [-0.3, -0.25) is 14.6 Å². The van der Waals surface area contributed by atoms with Gasteiger partial charge < -0.3 is 10.6 Å². The Bertz CT molecular complexity index is 1120. The lowest BCUT2D eigenvalue weighted by molar-refractivity contribution is 0.0650. The van der Waals surface area contributed by atoms with Gasteiger partial charge in [-0.25, -0.2) is 4.39 Å². The van der Waals surface area contributed by atoms with Crippen LogP contribution in [0.25, 0.3) is 0 Å². The first kappa shape index (κ1) is 20.0. The Balaban J connectivity index is 1.79. The fourth-order valence-electron chi connectivity index (χ4n) is 3.99. The van der Waals surface area contributed by atoms with Crippen LogP contribution in [0.15, 0.2) is 60.8 Å². The van der Waals surface area contributed by atoms with Crippen molar-refractivity contribution in [1.82, 2.24) is 9.88 Å². The van der Waals surface area contributed by atoms with Crippen molar-refractivity contribution >= 4 is 23.4 Å². The van der Waals surface area contributed by atoms with Gasteiger partial charge >= 0.3 is 0 Å². The zero-order valence-electron chi connectivity index (χ0n) is 16.0. The van der Waals surface area contributed by atoms with Gasteiger partial charge in [0, 0.05) is 23.3 Å². The second-order valence-corrected chi connectivity index (χ2v) is 7.62. The third-order valence-electron chi connectivity index (χ3n) is 5.37. The van der Waals surface area contributed by atoms with Crippen LogP contribution in [0.3, 0.4) is 0 Å². The van der Waals surface area contributed by atoms with Crippen molar-refractivity contribution in [2.45, 2.75) is 25.4 Å². The van der Waals surface area contributed by atoms with Crippen molar-refractivity contribution in [1.29, 1.82) is 0 Å². The number of hydrogen-bond donors (Lipinski definition) is 1. The van der Waals surface area contributed by atoms with Gasteiger partial charge in [-0.1, -0.05) is 35.9 Å². The number of nitrogens with zero attached hydrogens (tertiary/aromatic N) is 2. The summed E-state index contributed by atoms with van der Waals surface area (Å²) in [6.45, 7) is 0.132. The quantitative estimate of drug-likeness (QED) is 0.664. The average Bonchev–Trinajstić information content (AvgIpc) is 3.16. The number of fused-ring (bicyclic) bond motifs is 1. The second-order valence-electron chi connectivity index (χ2n) is 7.18. The summed E-state index contributed by atoms with van der Waals surface area (Å²) in [5, 5.41) is 0.279. The summed E-state index contributed by atoms with van der Waals surface area (Å²) in [6.07, 6.45) is 2.58. The molecule has 4 rings (SSSR count). The molecule has 0 unspecified atom stereocenters. The zero-order chi connectivity index (χ0) is 21.3. The van der Waals surface area contributed by atoms with Crippen LogP contribution < -0.4 is 5.73 Å². The molecule has 0 saturated heterocycles. The highest BCUT2D eigenvalue weighted by Crippen LogP contribution is 2.40. The van der Waals surface area contributed by atoms with Crippen molar-refractivity contribution in [3.63, 3.8) is 0 Å².